The minimum atomic E-state index is -0.707. The van der Waals surface area contributed by atoms with E-state index < -0.39 is 6.10 Å². The average Bonchev–Trinajstić information content (AvgIpc) is 2.77. The SMILES string of the molecule is O[C@@H](CBr)c1ncc(-c2cccc(Br)c2)o1. The number of hydrogen-bond donors (Lipinski definition) is 1. The fourth-order valence-electron chi connectivity index (χ4n) is 1.28. The number of aromatic nitrogens is 1. The molecule has 0 bridgehead atoms. The van der Waals surface area contributed by atoms with Gasteiger partial charge in [-0.25, -0.2) is 4.98 Å². The molecule has 0 aliphatic carbocycles. The van der Waals surface area contributed by atoms with Crippen LogP contribution in [0.3, 0.4) is 0 Å². The average molecular weight is 347 g/mol. The minimum absolute atomic E-state index is 0.326. The van der Waals surface area contributed by atoms with Gasteiger partial charge in [0.25, 0.3) is 0 Å². The summed E-state index contributed by atoms with van der Waals surface area (Å²) in [4.78, 5) is 4.03. The van der Waals surface area contributed by atoms with Crippen molar-refractivity contribution < 1.29 is 9.52 Å². The molecule has 0 amide bonds. The van der Waals surface area contributed by atoms with Crippen LogP contribution in [0, 0.1) is 0 Å². The number of aliphatic hydroxyl groups is 1. The van der Waals surface area contributed by atoms with E-state index in [1.165, 1.54) is 0 Å². The molecule has 5 heteroatoms. The van der Waals surface area contributed by atoms with Crippen LogP contribution in [0.5, 0.6) is 0 Å². The molecule has 0 radical (unpaired) electrons. The van der Waals surface area contributed by atoms with Crippen LogP contribution >= 0.6 is 31.9 Å². The van der Waals surface area contributed by atoms with Crippen LogP contribution in [0.15, 0.2) is 39.4 Å². The number of rotatable bonds is 3. The fraction of sp³-hybridized carbons (Fsp3) is 0.182. The molecule has 0 aliphatic rings. The lowest BCUT2D eigenvalue weighted by molar-refractivity contribution is 0.169. The third-order valence-corrected chi connectivity index (χ3v) is 3.17. The first-order valence-electron chi connectivity index (χ1n) is 4.66. The van der Waals surface area contributed by atoms with Crippen LogP contribution in [0.2, 0.25) is 0 Å². The second-order valence-corrected chi connectivity index (χ2v) is 4.81. The Labute approximate surface area is 110 Å². The van der Waals surface area contributed by atoms with Crippen LogP contribution in [-0.4, -0.2) is 15.4 Å². The Hall–Kier alpha value is -0.650. The van der Waals surface area contributed by atoms with E-state index in [0.29, 0.717) is 17.0 Å². The Kier molecular flexibility index (Phi) is 3.78. The Bertz CT molecular complexity index is 484. The minimum Gasteiger partial charge on any atom is -0.438 e. The molecule has 2 rings (SSSR count). The molecule has 0 unspecified atom stereocenters. The highest BCUT2D eigenvalue weighted by atomic mass is 79.9. The van der Waals surface area contributed by atoms with E-state index in [0.717, 1.165) is 10.0 Å². The second kappa shape index (κ2) is 5.12. The predicted octanol–water partition coefficient (Wildman–Crippen LogP) is 3.53. The smallest absolute Gasteiger partial charge is 0.224 e. The number of alkyl halides is 1. The molecule has 2 aromatic rings. The molecule has 0 saturated carbocycles. The number of aliphatic hydroxyl groups excluding tert-OH is 1. The van der Waals surface area contributed by atoms with Gasteiger partial charge in [0.05, 0.1) is 6.20 Å². The molecule has 16 heavy (non-hydrogen) atoms. The topological polar surface area (TPSA) is 46.3 Å². The maximum atomic E-state index is 9.53. The maximum absolute atomic E-state index is 9.53. The molecule has 3 nitrogen and oxygen atoms in total. The number of oxazole rings is 1. The van der Waals surface area contributed by atoms with Gasteiger partial charge in [0, 0.05) is 15.4 Å². The Morgan fingerprint density at radius 2 is 2.25 bits per heavy atom. The summed E-state index contributed by atoms with van der Waals surface area (Å²) in [5.74, 6) is 0.975. The zero-order chi connectivity index (χ0) is 11.5. The summed E-state index contributed by atoms with van der Waals surface area (Å²) in [5, 5.41) is 9.94. The molecule has 0 fully saturated rings. The van der Waals surface area contributed by atoms with Crippen molar-refractivity contribution in [3.05, 3.63) is 40.8 Å². The van der Waals surface area contributed by atoms with Crippen molar-refractivity contribution in [2.24, 2.45) is 0 Å². The highest BCUT2D eigenvalue weighted by Crippen LogP contribution is 2.25. The Morgan fingerprint density at radius 3 is 2.94 bits per heavy atom. The van der Waals surface area contributed by atoms with Crippen molar-refractivity contribution in [1.82, 2.24) is 4.98 Å². The molecule has 0 saturated heterocycles. The van der Waals surface area contributed by atoms with Crippen molar-refractivity contribution in [3.8, 4) is 11.3 Å². The van der Waals surface area contributed by atoms with E-state index in [1.807, 2.05) is 24.3 Å². The van der Waals surface area contributed by atoms with Gasteiger partial charge >= 0.3 is 0 Å². The molecule has 0 spiro atoms. The third kappa shape index (κ3) is 2.53. The van der Waals surface area contributed by atoms with Gasteiger partial charge in [-0.1, -0.05) is 44.0 Å². The highest BCUT2D eigenvalue weighted by Gasteiger charge is 2.13. The largest absolute Gasteiger partial charge is 0.438 e. The number of nitrogens with zero attached hydrogens (tertiary/aromatic N) is 1. The van der Waals surface area contributed by atoms with Gasteiger partial charge in [-0.3, -0.25) is 0 Å². The normalized spacial score (nSPS) is 12.7. The monoisotopic (exact) mass is 345 g/mol. The zero-order valence-electron chi connectivity index (χ0n) is 8.23. The van der Waals surface area contributed by atoms with Crippen molar-refractivity contribution in [2.75, 3.05) is 5.33 Å². The first kappa shape index (κ1) is 11.8. The van der Waals surface area contributed by atoms with Gasteiger partial charge in [-0.05, 0) is 12.1 Å². The molecule has 1 aromatic carbocycles. The summed E-state index contributed by atoms with van der Waals surface area (Å²) >= 11 is 6.56. The molecule has 1 atom stereocenters. The number of benzene rings is 1. The van der Waals surface area contributed by atoms with Crippen LogP contribution in [0.1, 0.15) is 12.0 Å². The molecule has 1 N–H and O–H groups in total. The molecular formula is C11H9Br2NO2. The van der Waals surface area contributed by atoms with E-state index in [4.69, 9.17) is 4.42 Å². The summed E-state index contributed by atoms with van der Waals surface area (Å²) in [6.45, 7) is 0. The van der Waals surface area contributed by atoms with Gasteiger partial charge in [0.1, 0.15) is 6.10 Å². The first-order chi connectivity index (χ1) is 7.70. The van der Waals surface area contributed by atoms with E-state index in [2.05, 4.69) is 36.8 Å². The molecular weight excluding hydrogens is 338 g/mol. The van der Waals surface area contributed by atoms with Crippen molar-refractivity contribution >= 4 is 31.9 Å². The van der Waals surface area contributed by atoms with Crippen LogP contribution in [-0.2, 0) is 0 Å². The van der Waals surface area contributed by atoms with E-state index in [9.17, 15) is 5.11 Å². The lowest BCUT2D eigenvalue weighted by Crippen LogP contribution is -1.97. The third-order valence-electron chi connectivity index (χ3n) is 2.06. The summed E-state index contributed by atoms with van der Waals surface area (Å²) in [6, 6.07) is 7.72. The van der Waals surface area contributed by atoms with E-state index >= 15 is 0 Å². The van der Waals surface area contributed by atoms with Crippen LogP contribution < -0.4 is 0 Å². The van der Waals surface area contributed by atoms with Crippen LogP contribution in [0.4, 0.5) is 0 Å². The number of hydrogen-bond acceptors (Lipinski definition) is 3. The summed E-state index contributed by atoms with van der Waals surface area (Å²) in [6.07, 6.45) is 0.907. The highest BCUT2D eigenvalue weighted by molar-refractivity contribution is 9.10. The van der Waals surface area contributed by atoms with Gasteiger partial charge in [0.15, 0.2) is 5.76 Å². The summed E-state index contributed by atoms with van der Waals surface area (Å²) < 4.78 is 6.44. The van der Waals surface area contributed by atoms with E-state index in [-0.39, 0.29) is 0 Å². The van der Waals surface area contributed by atoms with Crippen molar-refractivity contribution in [2.45, 2.75) is 6.10 Å². The Morgan fingerprint density at radius 1 is 1.44 bits per heavy atom. The first-order valence-corrected chi connectivity index (χ1v) is 6.58. The summed E-state index contributed by atoms with van der Waals surface area (Å²) in [7, 11) is 0. The Balaban J connectivity index is 2.31. The molecule has 84 valence electrons. The fourth-order valence-corrected chi connectivity index (χ4v) is 1.96. The van der Waals surface area contributed by atoms with Gasteiger partial charge in [-0.2, -0.15) is 0 Å². The molecule has 1 aromatic heterocycles. The van der Waals surface area contributed by atoms with Gasteiger partial charge in [0.2, 0.25) is 5.89 Å². The zero-order valence-corrected chi connectivity index (χ0v) is 11.4. The maximum Gasteiger partial charge on any atom is 0.224 e. The molecule has 1 heterocycles. The lowest BCUT2D eigenvalue weighted by Gasteiger charge is -2.00. The van der Waals surface area contributed by atoms with Crippen molar-refractivity contribution in [3.63, 3.8) is 0 Å². The van der Waals surface area contributed by atoms with Gasteiger partial charge < -0.3 is 9.52 Å². The van der Waals surface area contributed by atoms with Gasteiger partial charge in [-0.15, -0.1) is 0 Å². The summed E-state index contributed by atoms with van der Waals surface area (Å²) in [5.41, 5.74) is 0.926. The second-order valence-electron chi connectivity index (χ2n) is 3.24. The quantitative estimate of drug-likeness (QED) is 0.865. The standard InChI is InChI=1S/C11H9Br2NO2/c12-5-9(15)11-14-6-10(16-11)7-2-1-3-8(13)4-7/h1-4,6,9,15H,5H2/t9-/m0/s1. The lowest BCUT2D eigenvalue weighted by atomic mass is 10.2. The predicted molar refractivity (Wildman–Crippen MR) is 68.4 cm³/mol. The van der Waals surface area contributed by atoms with Crippen molar-refractivity contribution in [1.29, 1.82) is 0 Å². The van der Waals surface area contributed by atoms with Crippen LogP contribution in [0.25, 0.3) is 11.3 Å². The number of halogens is 2. The molecule has 0 aliphatic heterocycles. The van der Waals surface area contributed by atoms with E-state index in [1.54, 1.807) is 6.20 Å².